The van der Waals surface area contributed by atoms with Gasteiger partial charge in [0.2, 0.25) is 0 Å². The van der Waals surface area contributed by atoms with Gasteiger partial charge in [-0.3, -0.25) is 18.9 Å². The van der Waals surface area contributed by atoms with Crippen LogP contribution in [0, 0.1) is 6.92 Å². The second-order valence-corrected chi connectivity index (χ2v) is 2.45. The number of aromatic nitrogens is 2. The van der Waals surface area contributed by atoms with Gasteiger partial charge in [-0.2, -0.15) is 4.21 Å². The van der Waals surface area contributed by atoms with E-state index in [1.165, 1.54) is 6.20 Å². The van der Waals surface area contributed by atoms with Gasteiger partial charge in [-0.05, 0) is 6.92 Å². The van der Waals surface area contributed by atoms with Gasteiger partial charge in [0.05, 0.1) is 0 Å². The summed E-state index contributed by atoms with van der Waals surface area (Å²) < 4.78 is 22.8. The SMILES string of the molecule is Cc1c[nH]c(=O)[nH]c1=O.O=S(O)O. The lowest BCUT2D eigenvalue weighted by atomic mass is 10.4. The van der Waals surface area contributed by atoms with Crippen LogP contribution in [0.1, 0.15) is 5.56 Å². The lowest BCUT2D eigenvalue weighted by Gasteiger charge is -1.84. The van der Waals surface area contributed by atoms with Crippen LogP contribution in [-0.4, -0.2) is 23.3 Å². The summed E-state index contributed by atoms with van der Waals surface area (Å²) in [5, 5.41) is 0. The molecule has 0 aliphatic carbocycles. The van der Waals surface area contributed by atoms with Crippen molar-refractivity contribution in [3.63, 3.8) is 0 Å². The number of H-pyrrole nitrogens is 2. The third-order valence-electron chi connectivity index (χ3n) is 1.00. The number of rotatable bonds is 0. The Kier molecular flexibility index (Phi) is 4.89. The van der Waals surface area contributed by atoms with Crippen LogP contribution in [0.25, 0.3) is 0 Å². The van der Waals surface area contributed by atoms with E-state index >= 15 is 0 Å². The highest BCUT2D eigenvalue weighted by Crippen LogP contribution is 1.73. The molecular weight excluding hydrogens is 200 g/mol. The maximum atomic E-state index is 10.6. The topological polar surface area (TPSA) is 123 Å². The van der Waals surface area contributed by atoms with Crippen molar-refractivity contribution in [2.75, 3.05) is 0 Å². The molecule has 0 spiro atoms. The highest BCUT2D eigenvalue weighted by atomic mass is 32.2. The summed E-state index contributed by atoms with van der Waals surface area (Å²) in [6.07, 6.45) is 1.38. The van der Waals surface area contributed by atoms with Crippen molar-refractivity contribution >= 4 is 11.4 Å². The molecule has 1 aromatic rings. The second-order valence-electron chi connectivity index (χ2n) is 1.99. The van der Waals surface area contributed by atoms with Crippen LogP contribution in [0.3, 0.4) is 0 Å². The first-order valence-electron chi connectivity index (χ1n) is 3.02. The molecule has 8 heteroatoms. The summed E-state index contributed by atoms with van der Waals surface area (Å²) in [5.41, 5.74) is -0.293. The van der Waals surface area contributed by atoms with E-state index in [2.05, 4.69) is 9.97 Å². The van der Waals surface area contributed by atoms with Crippen molar-refractivity contribution in [2.24, 2.45) is 0 Å². The molecule has 0 bridgehead atoms. The fourth-order valence-electron chi connectivity index (χ4n) is 0.477. The molecule has 13 heavy (non-hydrogen) atoms. The molecule has 74 valence electrons. The zero-order chi connectivity index (χ0) is 10.4. The van der Waals surface area contributed by atoms with E-state index in [1.54, 1.807) is 6.92 Å². The molecule has 4 N–H and O–H groups in total. The normalized spacial score (nSPS) is 9.23. The lowest BCUT2D eigenvalue weighted by molar-refractivity contribution is 0.454. The summed E-state index contributed by atoms with van der Waals surface area (Å²) >= 11 is -2.61. The number of hydrogen-bond acceptors (Lipinski definition) is 3. The van der Waals surface area contributed by atoms with Crippen molar-refractivity contribution in [1.82, 2.24) is 9.97 Å². The Balaban J connectivity index is 0.000000310. The molecule has 7 nitrogen and oxygen atoms in total. The fraction of sp³-hybridized carbons (Fsp3) is 0.200. The zero-order valence-corrected chi connectivity index (χ0v) is 7.42. The smallest absolute Gasteiger partial charge is 0.314 e. The molecule has 0 atom stereocenters. The van der Waals surface area contributed by atoms with Crippen LogP contribution in [0.15, 0.2) is 15.8 Å². The maximum Gasteiger partial charge on any atom is 0.325 e. The van der Waals surface area contributed by atoms with Crippen LogP contribution in [-0.2, 0) is 11.4 Å². The fourth-order valence-corrected chi connectivity index (χ4v) is 0.477. The molecule has 0 saturated heterocycles. The number of aromatic amines is 2. The molecule has 0 radical (unpaired) electrons. The third-order valence-corrected chi connectivity index (χ3v) is 1.00. The van der Waals surface area contributed by atoms with Gasteiger partial charge in [0.1, 0.15) is 0 Å². The standard InChI is InChI=1S/C5H6N2O2.H2O3S/c1-3-2-6-5(9)7-4(3)8;1-4(2)3/h2H,1H3,(H2,6,7,8,9);(H2,1,2,3). The largest absolute Gasteiger partial charge is 0.325 e. The molecule has 0 saturated carbocycles. The molecule has 0 aliphatic rings. The van der Waals surface area contributed by atoms with Crippen molar-refractivity contribution in [3.8, 4) is 0 Å². The van der Waals surface area contributed by atoms with Crippen LogP contribution in [0.2, 0.25) is 0 Å². The van der Waals surface area contributed by atoms with Gasteiger partial charge in [-0.25, -0.2) is 4.79 Å². The number of aryl methyl sites for hydroxylation is 1. The molecule has 1 aromatic heterocycles. The van der Waals surface area contributed by atoms with Crippen LogP contribution < -0.4 is 11.2 Å². The molecule has 0 aromatic carbocycles. The predicted octanol–water partition coefficient (Wildman–Crippen LogP) is -0.947. The average Bonchev–Trinajstić information content (AvgIpc) is 1.96. The van der Waals surface area contributed by atoms with Crippen molar-refractivity contribution in [3.05, 3.63) is 32.6 Å². The van der Waals surface area contributed by atoms with Gasteiger partial charge >= 0.3 is 5.69 Å². The number of hydrogen-bond donors (Lipinski definition) is 4. The summed E-state index contributed by atoms with van der Waals surface area (Å²) in [6.45, 7) is 1.62. The minimum absolute atomic E-state index is 0.334. The Bertz CT molecular complexity index is 390. The minimum atomic E-state index is -2.61. The Hall–Kier alpha value is -1.25. The van der Waals surface area contributed by atoms with Gasteiger partial charge in [0.15, 0.2) is 0 Å². The van der Waals surface area contributed by atoms with E-state index < -0.39 is 17.1 Å². The molecule has 1 heterocycles. The molecule has 0 amide bonds. The van der Waals surface area contributed by atoms with Gasteiger partial charge < -0.3 is 4.98 Å². The average molecular weight is 208 g/mol. The van der Waals surface area contributed by atoms with E-state index in [9.17, 15) is 9.59 Å². The van der Waals surface area contributed by atoms with Gasteiger partial charge in [0.25, 0.3) is 16.9 Å². The van der Waals surface area contributed by atoms with E-state index in [-0.39, 0.29) is 5.56 Å². The van der Waals surface area contributed by atoms with E-state index in [0.717, 1.165) is 0 Å². The van der Waals surface area contributed by atoms with Crippen molar-refractivity contribution in [2.45, 2.75) is 6.92 Å². The predicted molar refractivity (Wildman–Crippen MR) is 45.8 cm³/mol. The van der Waals surface area contributed by atoms with Gasteiger partial charge in [0, 0.05) is 11.8 Å². The highest BCUT2D eigenvalue weighted by molar-refractivity contribution is 7.73. The Labute approximate surface area is 74.9 Å². The third kappa shape index (κ3) is 5.96. The van der Waals surface area contributed by atoms with Crippen LogP contribution in [0.4, 0.5) is 0 Å². The van der Waals surface area contributed by atoms with E-state index in [4.69, 9.17) is 13.3 Å². The molecule has 0 fully saturated rings. The first-order valence-corrected chi connectivity index (χ1v) is 4.08. The Morgan fingerprint density at radius 2 is 1.85 bits per heavy atom. The molecule has 0 aliphatic heterocycles. The first-order chi connectivity index (χ1) is 5.93. The first kappa shape index (κ1) is 11.8. The summed E-state index contributed by atoms with van der Waals surface area (Å²) in [7, 11) is 0. The monoisotopic (exact) mass is 208 g/mol. The van der Waals surface area contributed by atoms with Gasteiger partial charge in [-0.1, -0.05) is 0 Å². The second kappa shape index (κ2) is 5.41. The summed E-state index contributed by atoms with van der Waals surface area (Å²) in [6, 6.07) is 0. The molecule has 0 unspecified atom stereocenters. The summed E-state index contributed by atoms with van der Waals surface area (Å²) in [5.74, 6) is 0. The van der Waals surface area contributed by atoms with E-state index in [1.807, 2.05) is 0 Å². The zero-order valence-electron chi connectivity index (χ0n) is 6.60. The van der Waals surface area contributed by atoms with Crippen LogP contribution in [0.5, 0.6) is 0 Å². The molecular formula is C5H8N2O5S. The lowest BCUT2D eigenvalue weighted by Crippen LogP contribution is -2.22. The summed E-state index contributed by atoms with van der Waals surface area (Å²) in [4.78, 5) is 25.3. The van der Waals surface area contributed by atoms with Gasteiger partial charge in [-0.15, -0.1) is 0 Å². The van der Waals surface area contributed by atoms with E-state index in [0.29, 0.717) is 5.56 Å². The van der Waals surface area contributed by atoms with Crippen molar-refractivity contribution < 1.29 is 13.3 Å². The maximum absolute atomic E-state index is 10.6. The highest BCUT2D eigenvalue weighted by Gasteiger charge is 1.88. The van der Waals surface area contributed by atoms with Crippen LogP contribution >= 0.6 is 0 Å². The minimum Gasteiger partial charge on any atom is -0.314 e. The molecule has 1 rings (SSSR count). The number of nitrogens with one attached hydrogen (secondary N) is 2. The Morgan fingerprint density at radius 1 is 1.38 bits per heavy atom. The Morgan fingerprint density at radius 3 is 2.15 bits per heavy atom. The quantitative estimate of drug-likeness (QED) is 0.409. The van der Waals surface area contributed by atoms with Crippen molar-refractivity contribution in [1.29, 1.82) is 0 Å².